The number of nitro groups is 1. The Labute approximate surface area is 123 Å². The van der Waals surface area contributed by atoms with Gasteiger partial charge in [-0.05, 0) is 30.4 Å². The van der Waals surface area contributed by atoms with Crippen molar-refractivity contribution >= 4 is 17.2 Å². The number of nitrogens with two attached hydrogens (primary N) is 1. The molecule has 0 atom stereocenters. The number of oxime groups is 1. The van der Waals surface area contributed by atoms with E-state index in [0.29, 0.717) is 11.3 Å². The molecule has 21 heavy (non-hydrogen) atoms. The van der Waals surface area contributed by atoms with Gasteiger partial charge in [0.15, 0.2) is 5.84 Å². The first-order valence-electron chi connectivity index (χ1n) is 6.85. The second kappa shape index (κ2) is 5.59. The van der Waals surface area contributed by atoms with E-state index in [1.54, 1.807) is 12.1 Å². The lowest BCUT2D eigenvalue weighted by atomic mass is 9.84. The third-order valence-corrected chi connectivity index (χ3v) is 3.82. The third kappa shape index (κ3) is 3.24. The van der Waals surface area contributed by atoms with Gasteiger partial charge in [-0.2, -0.15) is 0 Å². The van der Waals surface area contributed by atoms with E-state index in [1.807, 2.05) is 4.90 Å². The molecule has 0 spiro atoms. The van der Waals surface area contributed by atoms with E-state index in [4.69, 9.17) is 10.9 Å². The summed E-state index contributed by atoms with van der Waals surface area (Å²) in [5.41, 5.74) is 6.54. The summed E-state index contributed by atoms with van der Waals surface area (Å²) < 4.78 is 0. The highest BCUT2D eigenvalue weighted by Gasteiger charge is 2.30. The molecule has 1 fully saturated rings. The van der Waals surface area contributed by atoms with Crippen molar-refractivity contribution in [1.29, 1.82) is 0 Å². The Morgan fingerprint density at radius 3 is 2.81 bits per heavy atom. The smallest absolute Gasteiger partial charge is 0.293 e. The molecule has 7 heteroatoms. The first-order chi connectivity index (χ1) is 9.84. The van der Waals surface area contributed by atoms with Crippen LogP contribution in [0.4, 0.5) is 11.4 Å². The van der Waals surface area contributed by atoms with Gasteiger partial charge >= 0.3 is 0 Å². The average molecular weight is 292 g/mol. The lowest BCUT2D eigenvalue weighted by Gasteiger charge is -2.39. The summed E-state index contributed by atoms with van der Waals surface area (Å²) in [6.45, 7) is 5.90. The molecule has 1 saturated heterocycles. The standard InChI is InChI=1S/C14H20N4O3/c1-14(2)6-3-7-17(9-14)11-5-4-10(13(15)16-19)8-12(11)18(20)21/h4-5,8,19H,3,6-7,9H2,1-2H3,(H2,15,16). The van der Waals surface area contributed by atoms with E-state index in [1.165, 1.54) is 6.07 Å². The molecule has 7 nitrogen and oxygen atoms in total. The van der Waals surface area contributed by atoms with Gasteiger partial charge in [0.05, 0.1) is 4.92 Å². The molecule has 1 aliphatic heterocycles. The Bertz CT molecular complexity index is 584. The second-order valence-electron chi connectivity index (χ2n) is 6.14. The number of rotatable bonds is 3. The van der Waals surface area contributed by atoms with Crippen molar-refractivity contribution in [1.82, 2.24) is 0 Å². The molecule has 0 aliphatic carbocycles. The van der Waals surface area contributed by atoms with Crippen LogP contribution >= 0.6 is 0 Å². The zero-order chi connectivity index (χ0) is 15.6. The minimum absolute atomic E-state index is 0.0169. The largest absolute Gasteiger partial charge is 0.409 e. The Morgan fingerprint density at radius 1 is 1.52 bits per heavy atom. The number of amidine groups is 1. The number of hydrogen-bond donors (Lipinski definition) is 2. The van der Waals surface area contributed by atoms with E-state index in [2.05, 4.69) is 19.0 Å². The zero-order valence-corrected chi connectivity index (χ0v) is 12.2. The van der Waals surface area contributed by atoms with Crippen LogP contribution in [0.1, 0.15) is 32.3 Å². The molecule has 0 unspecified atom stereocenters. The molecule has 1 aromatic rings. The highest BCUT2D eigenvalue weighted by Crippen LogP contribution is 2.36. The maximum atomic E-state index is 11.3. The molecule has 0 bridgehead atoms. The van der Waals surface area contributed by atoms with Gasteiger partial charge in [0.2, 0.25) is 0 Å². The fraction of sp³-hybridized carbons (Fsp3) is 0.500. The number of benzene rings is 1. The Balaban J connectivity index is 2.41. The fourth-order valence-corrected chi connectivity index (χ4v) is 2.78. The molecule has 2 rings (SSSR count). The predicted molar refractivity (Wildman–Crippen MR) is 80.8 cm³/mol. The Kier molecular flexibility index (Phi) is 4.02. The minimum atomic E-state index is -0.426. The van der Waals surface area contributed by atoms with E-state index in [-0.39, 0.29) is 16.9 Å². The average Bonchev–Trinajstić information content (AvgIpc) is 2.44. The number of nitro benzene ring substituents is 1. The predicted octanol–water partition coefficient (Wildman–Crippen LogP) is 2.32. The van der Waals surface area contributed by atoms with Crippen LogP contribution < -0.4 is 10.6 Å². The van der Waals surface area contributed by atoms with Crippen molar-refractivity contribution in [2.45, 2.75) is 26.7 Å². The summed E-state index contributed by atoms with van der Waals surface area (Å²) >= 11 is 0. The highest BCUT2D eigenvalue weighted by atomic mass is 16.6. The second-order valence-corrected chi connectivity index (χ2v) is 6.14. The Hall–Kier alpha value is -2.31. The lowest BCUT2D eigenvalue weighted by molar-refractivity contribution is -0.384. The fourth-order valence-electron chi connectivity index (χ4n) is 2.78. The van der Waals surface area contributed by atoms with Gasteiger partial charge in [0.25, 0.3) is 5.69 Å². The first kappa shape index (κ1) is 15.1. The first-order valence-corrected chi connectivity index (χ1v) is 6.85. The molecular weight excluding hydrogens is 272 g/mol. The van der Waals surface area contributed by atoms with E-state index < -0.39 is 4.92 Å². The van der Waals surface area contributed by atoms with Crippen LogP contribution in [0.15, 0.2) is 23.4 Å². The molecule has 1 heterocycles. The molecule has 1 aromatic carbocycles. The summed E-state index contributed by atoms with van der Waals surface area (Å²) in [6.07, 6.45) is 2.12. The van der Waals surface area contributed by atoms with Crippen LogP contribution in [0.3, 0.4) is 0 Å². The van der Waals surface area contributed by atoms with Gasteiger partial charge in [0, 0.05) is 24.7 Å². The van der Waals surface area contributed by atoms with Crippen LogP contribution in [0.2, 0.25) is 0 Å². The summed E-state index contributed by atoms with van der Waals surface area (Å²) in [5, 5.41) is 22.9. The molecule has 1 aliphatic rings. The van der Waals surface area contributed by atoms with Crippen molar-refractivity contribution in [3.8, 4) is 0 Å². The van der Waals surface area contributed by atoms with Gasteiger partial charge in [-0.25, -0.2) is 0 Å². The van der Waals surface area contributed by atoms with Crippen molar-refractivity contribution in [2.75, 3.05) is 18.0 Å². The van der Waals surface area contributed by atoms with Crippen LogP contribution in [0, 0.1) is 15.5 Å². The number of anilines is 1. The quantitative estimate of drug-likeness (QED) is 0.292. The van der Waals surface area contributed by atoms with E-state index in [0.717, 1.165) is 25.9 Å². The summed E-state index contributed by atoms with van der Waals surface area (Å²) in [5.74, 6) is -0.136. The van der Waals surface area contributed by atoms with Crippen molar-refractivity contribution in [3.63, 3.8) is 0 Å². The van der Waals surface area contributed by atoms with Gasteiger partial charge in [-0.3, -0.25) is 10.1 Å². The zero-order valence-electron chi connectivity index (χ0n) is 12.2. The van der Waals surface area contributed by atoms with E-state index >= 15 is 0 Å². The Morgan fingerprint density at radius 2 is 2.24 bits per heavy atom. The van der Waals surface area contributed by atoms with Gasteiger partial charge in [0.1, 0.15) is 5.69 Å². The summed E-state index contributed by atoms with van der Waals surface area (Å²) in [6, 6.07) is 4.66. The van der Waals surface area contributed by atoms with Gasteiger partial charge in [-0.15, -0.1) is 0 Å². The normalized spacial score (nSPS) is 18.6. The summed E-state index contributed by atoms with van der Waals surface area (Å²) in [7, 11) is 0. The molecule has 0 saturated carbocycles. The van der Waals surface area contributed by atoms with Crippen LogP contribution in [-0.2, 0) is 0 Å². The van der Waals surface area contributed by atoms with Crippen LogP contribution in [-0.4, -0.2) is 29.1 Å². The SMILES string of the molecule is CC1(C)CCCN(c2ccc(C(N)=NO)cc2[N+](=O)[O-])C1. The maximum absolute atomic E-state index is 11.3. The summed E-state index contributed by atoms with van der Waals surface area (Å²) in [4.78, 5) is 12.9. The molecular formula is C14H20N4O3. The van der Waals surface area contributed by atoms with Crippen LogP contribution in [0.25, 0.3) is 0 Å². The molecule has 0 aromatic heterocycles. The van der Waals surface area contributed by atoms with Gasteiger partial charge in [-0.1, -0.05) is 19.0 Å². The number of hydrogen-bond acceptors (Lipinski definition) is 5. The number of nitrogens with zero attached hydrogens (tertiary/aromatic N) is 3. The minimum Gasteiger partial charge on any atom is -0.409 e. The van der Waals surface area contributed by atoms with Gasteiger partial charge < -0.3 is 15.8 Å². The lowest BCUT2D eigenvalue weighted by Crippen LogP contribution is -2.40. The van der Waals surface area contributed by atoms with Crippen molar-refractivity contribution in [2.24, 2.45) is 16.3 Å². The monoisotopic (exact) mass is 292 g/mol. The molecule has 0 amide bonds. The number of piperidine rings is 1. The molecule has 3 N–H and O–H groups in total. The maximum Gasteiger partial charge on any atom is 0.293 e. The molecule has 114 valence electrons. The highest BCUT2D eigenvalue weighted by molar-refractivity contribution is 5.98. The van der Waals surface area contributed by atoms with Crippen LogP contribution in [0.5, 0.6) is 0 Å². The third-order valence-electron chi connectivity index (χ3n) is 3.82. The van der Waals surface area contributed by atoms with Crippen molar-refractivity contribution < 1.29 is 10.1 Å². The topological polar surface area (TPSA) is 105 Å². The van der Waals surface area contributed by atoms with E-state index in [9.17, 15) is 10.1 Å². The van der Waals surface area contributed by atoms with Crippen molar-refractivity contribution in [3.05, 3.63) is 33.9 Å². The molecule has 0 radical (unpaired) electrons.